The third kappa shape index (κ3) is 2.78. The van der Waals surface area contributed by atoms with Gasteiger partial charge in [-0.15, -0.1) is 0 Å². The van der Waals surface area contributed by atoms with Crippen molar-refractivity contribution in [3.05, 3.63) is 35.1 Å². The van der Waals surface area contributed by atoms with Crippen LogP contribution >= 0.6 is 0 Å². The van der Waals surface area contributed by atoms with Gasteiger partial charge in [-0.2, -0.15) is 0 Å². The van der Waals surface area contributed by atoms with Crippen molar-refractivity contribution < 1.29 is 4.39 Å². The van der Waals surface area contributed by atoms with Crippen LogP contribution in [0.2, 0.25) is 0 Å². The Morgan fingerprint density at radius 3 is 2.27 bits per heavy atom. The van der Waals surface area contributed by atoms with Crippen molar-refractivity contribution in [3.8, 4) is 0 Å². The molecule has 0 aliphatic heterocycles. The maximum Gasteiger partial charge on any atom is 0.126 e. The Morgan fingerprint density at radius 2 is 1.80 bits per heavy atom. The van der Waals surface area contributed by atoms with Gasteiger partial charge in [-0.25, -0.2) is 4.39 Å². The molecule has 0 aliphatic rings. The topological polar surface area (TPSA) is 26.0 Å². The fraction of sp³-hybridized carbons (Fsp3) is 0.538. The minimum atomic E-state index is -0.168. The number of nitrogens with two attached hydrogens (primary N) is 1. The Hall–Kier alpha value is -0.890. The summed E-state index contributed by atoms with van der Waals surface area (Å²) in [6, 6.07) is 5.18. The highest BCUT2D eigenvalue weighted by molar-refractivity contribution is 5.26. The highest BCUT2D eigenvalue weighted by Crippen LogP contribution is 2.26. The molecule has 1 aromatic rings. The summed E-state index contributed by atoms with van der Waals surface area (Å²) < 4.78 is 13.3. The highest BCUT2D eigenvalue weighted by Gasteiger charge is 2.18. The molecular formula is C13H20FN. The van der Waals surface area contributed by atoms with E-state index in [1.165, 1.54) is 0 Å². The lowest BCUT2D eigenvalue weighted by Crippen LogP contribution is -2.23. The molecule has 0 spiro atoms. The molecule has 0 aliphatic carbocycles. The number of hydrogen-bond donors (Lipinski definition) is 1. The average Bonchev–Trinajstić information content (AvgIpc) is 2.19. The van der Waals surface area contributed by atoms with E-state index in [9.17, 15) is 4.39 Å². The molecule has 0 fully saturated rings. The molecule has 0 saturated carbocycles. The molecule has 2 unspecified atom stereocenters. The van der Waals surface area contributed by atoms with Gasteiger partial charge in [0.05, 0.1) is 0 Å². The van der Waals surface area contributed by atoms with Gasteiger partial charge >= 0.3 is 0 Å². The minimum absolute atomic E-state index is 0.0832. The van der Waals surface area contributed by atoms with Gasteiger partial charge in [0.25, 0.3) is 0 Å². The van der Waals surface area contributed by atoms with E-state index < -0.39 is 0 Å². The van der Waals surface area contributed by atoms with Crippen molar-refractivity contribution in [2.45, 2.75) is 33.7 Å². The van der Waals surface area contributed by atoms with Crippen LogP contribution in [-0.4, -0.2) is 0 Å². The van der Waals surface area contributed by atoms with E-state index in [0.717, 1.165) is 5.56 Å². The number of halogens is 1. The van der Waals surface area contributed by atoms with E-state index in [1.807, 2.05) is 6.07 Å². The fourth-order valence-electron chi connectivity index (χ4n) is 1.53. The molecule has 2 heteroatoms. The number of hydrogen-bond acceptors (Lipinski definition) is 1. The summed E-state index contributed by atoms with van der Waals surface area (Å²) in [6.45, 7) is 8.13. The second kappa shape index (κ2) is 4.75. The van der Waals surface area contributed by atoms with Crippen LogP contribution in [0.3, 0.4) is 0 Å². The molecule has 84 valence electrons. The van der Waals surface area contributed by atoms with E-state index in [1.54, 1.807) is 19.1 Å². The van der Waals surface area contributed by atoms with Crippen LogP contribution in [0.4, 0.5) is 4.39 Å². The molecular weight excluding hydrogens is 189 g/mol. The maximum absolute atomic E-state index is 13.3. The molecule has 0 bridgehead atoms. The van der Waals surface area contributed by atoms with Crippen LogP contribution < -0.4 is 5.73 Å². The summed E-state index contributed by atoms with van der Waals surface area (Å²) in [7, 11) is 0. The predicted octanol–water partition coefficient (Wildman–Crippen LogP) is 3.43. The molecule has 0 amide bonds. The first kappa shape index (κ1) is 12.2. The largest absolute Gasteiger partial charge is 0.324 e. The first-order valence-corrected chi connectivity index (χ1v) is 5.45. The summed E-state index contributed by atoms with van der Waals surface area (Å²) in [4.78, 5) is 0. The quantitative estimate of drug-likeness (QED) is 0.811. The van der Waals surface area contributed by atoms with E-state index >= 15 is 0 Å². The van der Waals surface area contributed by atoms with E-state index in [2.05, 4.69) is 20.8 Å². The molecule has 0 saturated heterocycles. The molecule has 0 heterocycles. The van der Waals surface area contributed by atoms with Crippen LogP contribution in [0.1, 0.15) is 37.9 Å². The van der Waals surface area contributed by atoms with Crippen LogP contribution in [0.25, 0.3) is 0 Å². The lowest BCUT2D eigenvalue weighted by molar-refractivity contribution is 0.351. The molecule has 1 aromatic carbocycles. The van der Waals surface area contributed by atoms with Crippen molar-refractivity contribution >= 4 is 0 Å². The zero-order valence-electron chi connectivity index (χ0n) is 9.92. The van der Waals surface area contributed by atoms with Crippen molar-refractivity contribution in [1.82, 2.24) is 0 Å². The van der Waals surface area contributed by atoms with Gasteiger partial charge in [0.2, 0.25) is 0 Å². The Bertz CT molecular complexity index is 333. The minimum Gasteiger partial charge on any atom is -0.324 e. The summed E-state index contributed by atoms with van der Waals surface area (Å²) in [5, 5.41) is 0. The van der Waals surface area contributed by atoms with Gasteiger partial charge in [-0.1, -0.05) is 32.9 Å². The smallest absolute Gasteiger partial charge is 0.126 e. The Kier molecular flexibility index (Phi) is 3.86. The van der Waals surface area contributed by atoms with Gasteiger partial charge in [0, 0.05) is 6.04 Å². The summed E-state index contributed by atoms with van der Waals surface area (Å²) in [5.41, 5.74) is 7.65. The molecule has 2 atom stereocenters. The van der Waals surface area contributed by atoms with Crippen LogP contribution in [0.15, 0.2) is 18.2 Å². The van der Waals surface area contributed by atoms with Crippen LogP contribution in [0.5, 0.6) is 0 Å². The predicted molar refractivity (Wildman–Crippen MR) is 62.1 cm³/mol. The maximum atomic E-state index is 13.3. The Balaban J connectivity index is 2.91. The molecule has 0 aromatic heterocycles. The molecule has 1 rings (SSSR count). The number of rotatable bonds is 3. The van der Waals surface area contributed by atoms with Crippen LogP contribution in [0, 0.1) is 24.6 Å². The van der Waals surface area contributed by atoms with Crippen molar-refractivity contribution in [1.29, 1.82) is 0 Å². The normalized spacial score (nSPS) is 15.4. The van der Waals surface area contributed by atoms with Gasteiger partial charge in [0.15, 0.2) is 0 Å². The van der Waals surface area contributed by atoms with Gasteiger partial charge in [0.1, 0.15) is 5.82 Å². The van der Waals surface area contributed by atoms with E-state index in [4.69, 9.17) is 5.73 Å². The first-order valence-electron chi connectivity index (χ1n) is 5.45. The summed E-state index contributed by atoms with van der Waals surface area (Å²) in [6.07, 6.45) is 0. The monoisotopic (exact) mass is 209 g/mol. The number of benzene rings is 1. The summed E-state index contributed by atoms with van der Waals surface area (Å²) >= 11 is 0. The van der Waals surface area contributed by atoms with Gasteiger partial charge in [-0.3, -0.25) is 0 Å². The third-order valence-electron chi connectivity index (χ3n) is 3.20. The highest BCUT2D eigenvalue weighted by atomic mass is 19.1. The second-order valence-electron chi connectivity index (χ2n) is 4.64. The zero-order chi connectivity index (χ0) is 11.6. The Labute approximate surface area is 91.5 Å². The average molecular weight is 209 g/mol. The van der Waals surface area contributed by atoms with Crippen molar-refractivity contribution in [2.75, 3.05) is 0 Å². The lowest BCUT2D eigenvalue weighted by atomic mass is 9.86. The van der Waals surface area contributed by atoms with Gasteiger partial charge < -0.3 is 5.73 Å². The standard InChI is InChI=1S/C13H20FN/c1-8(2)10(4)13(15)11-6-5-9(3)12(14)7-11/h5-8,10,13H,15H2,1-4H3. The van der Waals surface area contributed by atoms with Gasteiger partial charge in [-0.05, 0) is 36.0 Å². The van der Waals surface area contributed by atoms with E-state index in [-0.39, 0.29) is 11.9 Å². The third-order valence-corrected chi connectivity index (χ3v) is 3.20. The fourth-order valence-corrected chi connectivity index (χ4v) is 1.53. The van der Waals surface area contributed by atoms with E-state index in [0.29, 0.717) is 17.4 Å². The first-order chi connectivity index (χ1) is 6.93. The Morgan fingerprint density at radius 1 is 1.20 bits per heavy atom. The summed E-state index contributed by atoms with van der Waals surface area (Å²) in [5.74, 6) is 0.690. The van der Waals surface area contributed by atoms with Crippen molar-refractivity contribution in [2.24, 2.45) is 17.6 Å². The number of aryl methyl sites for hydroxylation is 1. The SMILES string of the molecule is Cc1ccc(C(N)C(C)C(C)C)cc1F. The molecule has 1 nitrogen and oxygen atoms in total. The lowest BCUT2D eigenvalue weighted by Gasteiger charge is -2.23. The molecule has 2 N–H and O–H groups in total. The second-order valence-corrected chi connectivity index (χ2v) is 4.64. The zero-order valence-corrected chi connectivity index (χ0v) is 9.92. The van der Waals surface area contributed by atoms with Crippen molar-refractivity contribution in [3.63, 3.8) is 0 Å². The van der Waals surface area contributed by atoms with Crippen LogP contribution in [-0.2, 0) is 0 Å². The molecule has 0 radical (unpaired) electrons. The molecule has 15 heavy (non-hydrogen) atoms.